The number of nitrogens with zero attached hydrogens (tertiary/aromatic N) is 5. The maximum absolute atomic E-state index is 12.9. The lowest BCUT2D eigenvalue weighted by molar-refractivity contribution is 0.116. The van der Waals surface area contributed by atoms with Crippen molar-refractivity contribution in [2.24, 2.45) is 0 Å². The normalized spacial score (nSPS) is 15.5. The van der Waals surface area contributed by atoms with Gasteiger partial charge in [-0.1, -0.05) is 17.7 Å². The lowest BCUT2D eigenvalue weighted by Crippen LogP contribution is -2.48. The Bertz CT molecular complexity index is 1180. The molecule has 172 valence electrons. The van der Waals surface area contributed by atoms with E-state index in [0.29, 0.717) is 47.5 Å². The summed E-state index contributed by atoms with van der Waals surface area (Å²) in [4.78, 5) is 6.47. The van der Waals surface area contributed by atoms with Crippen LogP contribution in [0.1, 0.15) is 32.1 Å². The van der Waals surface area contributed by atoms with Gasteiger partial charge in [0.1, 0.15) is 5.69 Å². The van der Waals surface area contributed by atoms with E-state index in [1.54, 1.807) is 36.6 Å². The van der Waals surface area contributed by atoms with Crippen molar-refractivity contribution in [3.05, 3.63) is 40.6 Å². The maximum Gasteiger partial charge on any atom is 0.314 e. The van der Waals surface area contributed by atoms with E-state index in [-0.39, 0.29) is 17.7 Å². The van der Waals surface area contributed by atoms with Crippen molar-refractivity contribution < 1.29 is 21.6 Å². The predicted molar refractivity (Wildman–Crippen MR) is 119 cm³/mol. The minimum absolute atomic E-state index is 0.0135. The van der Waals surface area contributed by atoms with Gasteiger partial charge in [-0.3, -0.25) is 4.31 Å². The van der Waals surface area contributed by atoms with Crippen molar-refractivity contribution in [1.29, 1.82) is 0 Å². The topological polar surface area (TPSA) is 92.4 Å². The first-order valence-corrected chi connectivity index (χ1v) is 12.7. The van der Waals surface area contributed by atoms with Gasteiger partial charge < -0.3 is 9.32 Å². The number of thiazole rings is 1. The fraction of sp³-hybridized carbons (Fsp3) is 0.421. The highest BCUT2D eigenvalue weighted by molar-refractivity contribution is 7.92. The zero-order valence-electron chi connectivity index (χ0n) is 17.0. The van der Waals surface area contributed by atoms with Crippen molar-refractivity contribution in [2.75, 3.05) is 28.0 Å². The van der Waals surface area contributed by atoms with Gasteiger partial charge in [0, 0.05) is 29.5 Å². The molecule has 0 unspecified atom stereocenters. The van der Waals surface area contributed by atoms with Crippen molar-refractivity contribution in [2.45, 2.75) is 32.2 Å². The van der Waals surface area contributed by atoms with Gasteiger partial charge >= 0.3 is 6.43 Å². The van der Waals surface area contributed by atoms with Gasteiger partial charge in [-0.2, -0.15) is 8.78 Å². The van der Waals surface area contributed by atoms with Crippen molar-refractivity contribution in [3.8, 4) is 11.6 Å². The number of alkyl halides is 2. The fourth-order valence-corrected chi connectivity index (χ4v) is 5.99. The van der Waals surface area contributed by atoms with Crippen LogP contribution >= 0.6 is 22.9 Å². The molecule has 13 heteroatoms. The molecule has 0 saturated carbocycles. The zero-order chi connectivity index (χ0) is 22.9. The van der Waals surface area contributed by atoms with Gasteiger partial charge in [0.15, 0.2) is 5.13 Å². The molecule has 4 rings (SSSR count). The first-order chi connectivity index (χ1) is 15.3. The summed E-state index contributed by atoms with van der Waals surface area (Å²) < 4.78 is 57.5. The third kappa shape index (κ3) is 4.71. The number of anilines is 2. The smallest absolute Gasteiger partial charge is 0.314 e. The van der Waals surface area contributed by atoms with Crippen LogP contribution in [0.2, 0.25) is 5.02 Å². The van der Waals surface area contributed by atoms with Gasteiger partial charge in [-0.15, -0.1) is 21.5 Å². The summed E-state index contributed by atoms with van der Waals surface area (Å²) in [5, 5.41) is 9.77. The third-order valence-electron chi connectivity index (χ3n) is 5.13. The average Bonchev–Trinajstić information content (AvgIpc) is 3.44. The monoisotopic (exact) mass is 503 g/mol. The van der Waals surface area contributed by atoms with E-state index < -0.39 is 22.3 Å². The van der Waals surface area contributed by atoms with Gasteiger partial charge in [0.05, 0.1) is 11.4 Å². The second-order valence-electron chi connectivity index (χ2n) is 7.16. The Labute approximate surface area is 192 Å². The highest BCUT2D eigenvalue weighted by Gasteiger charge is 2.33. The van der Waals surface area contributed by atoms with Crippen LogP contribution < -0.4 is 9.21 Å². The van der Waals surface area contributed by atoms with Gasteiger partial charge in [-0.25, -0.2) is 13.4 Å². The standard InChI is InChI=1S/C19H20ClF2N5O3S2/c1-2-32(28,29)27(14-5-3-4-12(20)10-14)13-6-8-26(9-7-13)19-23-15(11-31-19)17-24-25-18(30-17)16(21)22/h3-5,10-11,13,16H,2,6-9H2,1H3. The van der Waals surface area contributed by atoms with Gasteiger partial charge in [0.2, 0.25) is 10.0 Å². The molecule has 0 spiro atoms. The SMILES string of the molecule is CCS(=O)(=O)N(c1cccc(Cl)c1)C1CCN(c2nc(-c3nnc(C(F)F)o3)cs2)CC1. The molecule has 0 amide bonds. The Hall–Kier alpha value is -2.31. The molecular weight excluding hydrogens is 484 g/mol. The van der Waals surface area contributed by atoms with Crippen LogP contribution in [0.15, 0.2) is 34.1 Å². The van der Waals surface area contributed by atoms with E-state index in [9.17, 15) is 17.2 Å². The molecule has 1 aliphatic rings. The second kappa shape index (κ2) is 9.28. The van der Waals surface area contributed by atoms with Crippen LogP contribution in [0.3, 0.4) is 0 Å². The summed E-state index contributed by atoms with van der Waals surface area (Å²) in [6, 6.07) is 6.64. The van der Waals surface area contributed by atoms with Crippen LogP contribution in [0.4, 0.5) is 19.6 Å². The number of rotatable bonds is 7. The van der Waals surface area contributed by atoms with E-state index >= 15 is 0 Å². The Morgan fingerprint density at radius 3 is 2.69 bits per heavy atom. The molecule has 0 aliphatic carbocycles. The fourth-order valence-electron chi connectivity index (χ4n) is 3.58. The van der Waals surface area contributed by atoms with Crippen molar-refractivity contribution in [1.82, 2.24) is 15.2 Å². The Morgan fingerprint density at radius 1 is 1.31 bits per heavy atom. The van der Waals surface area contributed by atoms with E-state index in [1.807, 2.05) is 4.90 Å². The molecule has 0 bridgehead atoms. The molecule has 32 heavy (non-hydrogen) atoms. The van der Waals surface area contributed by atoms with Gasteiger partial charge in [-0.05, 0) is 38.0 Å². The molecule has 0 atom stereocenters. The summed E-state index contributed by atoms with van der Waals surface area (Å²) in [6.45, 7) is 2.79. The molecule has 1 aliphatic heterocycles. The Balaban J connectivity index is 1.49. The first kappa shape index (κ1) is 22.9. The van der Waals surface area contributed by atoms with E-state index in [4.69, 9.17) is 16.0 Å². The Kier molecular flexibility index (Phi) is 6.63. The number of hydrogen-bond acceptors (Lipinski definition) is 8. The van der Waals surface area contributed by atoms with Crippen molar-refractivity contribution >= 4 is 43.8 Å². The summed E-state index contributed by atoms with van der Waals surface area (Å²) >= 11 is 7.44. The number of benzene rings is 1. The number of piperidine rings is 1. The van der Waals surface area contributed by atoms with E-state index in [0.717, 1.165) is 0 Å². The third-order valence-corrected chi connectivity index (χ3v) is 8.11. The molecule has 1 fully saturated rings. The lowest BCUT2D eigenvalue weighted by Gasteiger charge is -2.38. The van der Waals surface area contributed by atoms with Crippen LogP contribution in [-0.4, -0.2) is 48.5 Å². The quantitative estimate of drug-likeness (QED) is 0.465. The molecule has 3 aromatic rings. The number of sulfonamides is 1. The zero-order valence-corrected chi connectivity index (χ0v) is 19.4. The van der Waals surface area contributed by atoms with E-state index in [2.05, 4.69) is 15.2 Å². The maximum atomic E-state index is 12.9. The molecule has 1 aromatic carbocycles. The lowest BCUT2D eigenvalue weighted by atomic mass is 10.0. The molecule has 0 radical (unpaired) electrons. The predicted octanol–water partition coefficient (Wildman–Crippen LogP) is 4.61. The molecular formula is C19H20ClF2N5O3S2. The molecule has 2 aromatic heterocycles. The van der Waals surface area contributed by atoms with Crippen LogP contribution in [-0.2, 0) is 10.0 Å². The second-order valence-corrected chi connectivity index (χ2v) is 10.6. The largest absolute Gasteiger partial charge is 0.414 e. The molecule has 1 saturated heterocycles. The summed E-state index contributed by atoms with van der Waals surface area (Å²) in [5.41, 5.74) is 0.890. The highest BCUT2D eigenvalue weighted by atomic mass is 35.5. The Morgan fingerprint density at radius 2 is 2.06 bits per heavy atom. The minimum Gasteiger partial charge on any atom is -0.414 e. The molecule has 8 nitrogen and oxygen atoms in total. The van der Waals surface area contributed by atoms with Crippen LogP contribution in [0.25, 0.3) is 11.6 Å². The van der Waals surface area contributed by atoms with Crippen LogP contribution in [0.5, 0.6) is 0 Å². The molecule has 0 N–H and O–H groups in total. The summed E-state index contributed by atoms with van der Waals surface area (Å²) in [6.07, 6.45) is -1.65. The van der Waals surface area contributed by atoms with Crippen LogP contribution in [0, 0.1) is 0 Å². The molecule has 3 heterocycles. The number of hydrogen-bond donors (Lipinski definition) is 0. The average molecular weight is 504 g/mol. The van der Waals surface area contributed by atoms with Crippen molar-refractivity contribution in [3.63, 3.8) is 0 Å². The number of aromatic nitrogens is 3. The number of halogens is 3. The first-order valence-electron chi connectivity index (χ1n) is 9.88. The highest BCUT2D eigenvalue weighted by Crippen LogP contribution is 2.33. The van der Waals surface area contributed by atoms with E-state index in [1.165, 1.54) is 15.6 Å². The summed E-state index contributed by atoms with van der Waals surface area (Å²) in [5.74, 6) is -0.812. The minimum atomic E-state index is -3.49. The van der Waals surface area contributed by atoms with Gasteiger partial charge in [0.25, 0.3) is 11.8 Å². The summed E-state index contributed by atoms with van der Waals surface area (Å²) in [7, 11) is -3.49.